The van der Waals surface area contributed by atoms with Crippen molar-refractivity contribution in [2.75, 3.05) is 0 Å². The van der Waals surface area contributed by atoms with Crippen molar-refractivity contribution in [3.05, 3.63) is 41.5 Å². The fourth-order valence-electron chi connectivity index (χ4n) is 2.65. The summed E-state index contributed by atoms with van der Waals surface area (Å²) >= 11 is 0. The third-order valence-corrected chi connectivity index (χ3v) is 3.86. The Bertz CT molecular complexity index is 425. The van der Waals surface area contributed by atoms with Gasteiger partial charge in [-0.05, 0) is 41.9 Å². The van der Waals surface area contributed by atoms with E-state index in [1.807, 2.05) is 0 Å². The predicted octanol–water partition coefficient (Wildman–Crippen LogP) is 3.48. The van der Waals surface area contributed by atoms with Gasteiger partial charge in [0.05, 0.1) is 0 Å². The van der Waals surface area contributed by atoms with Crippen LogP contribution in [0.1, 0.15) is 49.7 Å². The number of hydrogen-bond donors (Lipinski definition) is 1. The Morgan fingerprint density at radius 2 is 1.78 bits per heavy atom. The summed E-state index contributed by atoms with van der Waals surface area (Å²) in [4.78, 5) is 10.7. The number of carbonyl (C=O) groups excluding carboxylic acids is 1. The molecular weight excluding hydrogens is 222 g/mol. The van der Waals surface area contributed by atoms with Gasteiger partial charge in [-0.3, -0.25) is 4.79 Å². The molecule has 0 radical (unpaired) electrons. The summed E-state index contributed by atoms with van der Waals surface area (Å²) < 4.78 is 0. The highest BCUT2D eigenvalue weighted by Gasteiger charge is 2.19. The van der Waals surface area contributed by atoms with Crippen LogP contribution < -0.4 is 5.73 Å². The molecule has 0 heterocycles. The van der Waals surface area contributed by atoms with E-state index in [0.717, 1.165) is 17.4 Å². The van der Waals surface area contributed by atoms with Gasteiger partial charge < -0.3 is 5.73 Å². The first-order chi connectivity index (χ1) is 8.65. The first kappa shape index (κ1) is 12.9. The molecule has 1 amide bonds. The van der Waals surface area contributed by atoms with Crippen LogP contribution in [0.15, 0.2) is 30.3 Å². The minimum absolute atomic E-state index is 0.402. The number of rotatable bonds is 3. The fourth-order valence-corrected chi connectivity index (χ4v) is 2.65. The average Bonchev–Trinajstić information content (AvgIpc) is 2.38. The maximum absolute atomic E-state index is 10.7. The van der Waals surface area contributed by atoms with E-state index in [1.165, 1.54) is 37.3 Å². The molecule has 0 atom stereocenters. The molecule has 96 valence electrons. The van der Waals surface area contributed by atoms with Crippen molar-refractivity contribution >= 4 is 12.0 Å². The monoisotopic (exact) mass is 243 g/mol. The Hall–Kier alpha value is -1.57. The predicted molar refractivity (Wildman–Crippen MR) is 75.0 cm³/mol. The molecule has 1 aromatic carbocycles. The first-order valence-electron chi connectivity index (χ1n) is 6.72. The van der Waals surface area contributed by atoms with Crippen LogP contribution in [0.4, 0.5) is 0 Å². The van der Waals surface area contributed by atoms with Gasteiger partial charge in [-0.15, -0.1) is 0 Å². The summed E-state index contributed by atoms with van der Waals surface area (Å²) in [5, 5.41) is 0. The van der Waals surface area contributed by atoms with E-state index < -0.39 is 5.91 Å². The number of carbonyl (C=O) groups is 1. The summed E-state index contributed by atoms with van der Waals surface area (Å²) in [6, 6.07) is 8.49. The second-order valence-electron chi connectivity index (χ2n) is 5.36. The molecular formula is C16H21NO. The Balaban J connectivity index is 2.01. The minimum Gasteiger partial charge on any atom is -0.366 e. The molecule has 0 spiro atoms. The Morgan fingerprint density at radius 1 is 1.17 bits per heavy atom. The van der Waals surface area contributed by atoms with Gasteiger partial charge in [-0.25, -0.2) is 0 Å². The van der Waals surface area contributed by atoms with Crippen LogP contribution in [0.5, 0.6) is 0 Å². The molecule has 0 aliphatic heterocycles. The Morgan fingerprint density at radius 3 is 2.33 bits per heavy atom. The van der Waals surface area contributed by atoms with Gasteiger partial charge in [0.15, 0.2) is 0 Å². The van der Waals surface area contributed by atoms with Gasteiger partial charge in [0, 0.05) is 6.08 Å². The smallest absolute Gasteiger partial charge is 0.241 e. The van der Waals surface area contributed by atoms with E-state index >= 15 is 0 Å². The van der Waals surface area contributed by atoms with Gasteiger partial charge in [0.1, 0.15) is 0 Å². The van der Waals surface area contributed by atoms with E-state index in [9.17, 15) is 4.79 Å². The van der Waals surface area contributed by atoms with Crippen molar-refractivity contribution < 1.29 is 4.79 Å². The molecule has 2 nitrogen and oxygen atoms in total. The highest BCUT2D eigenvalue weighted by atomic mass is 16.1. The molecule has 18 heavy (non-hydrogen) atoms. The summed E-state index contributed by atoms with van der Waals surface area (Å²) in [5.74, 6) is 1.20. The molecule has 1 aliphatic rings. The van der Waals surface area contributed by atoms with Crippen LogP contribution in [0.3, 0.4) is 0 Å². The lowest BCUT2D eigenvalue weighted by Gasteiger charge is -2.26. The van der Waals surface area contributed by atoms with Crippen molar-refractivity contribution in [2.24, 2.45) is 11.7 Å². The molecule has 0 unspecified atom stereocenters. The van der Waals surface area contributed by atoms with Gasteiger partial charge >= 0.3 is 0 Å². The SMILES string of the molecule is C[C@H]1CC[C@H](c2ccc(C=CC(N)=O)cc2)CC1. The van der Waals surface area contributed by atoms with Crippen LogP contribution in [0.25, 0.3) is 6.08 Å². The normalized spacial score (nSPS) is 24.3. The standard InChI is InChI=1S/C16H21NO/c1-12-2-7-14(8-3-12)15-9-4-13(5-10-15)6-11-16(17)18/h4-6,9-12,14H,2-3,7-8H2,1H3,(H2,17,18)/t12-,14-. The molecule has 2 rings (SSSR count). The molecule has 1 saturated carbocycles. The lowest BCUT2D eigenvalue weighted by Crippen LogP contribution is -2.10. The molecule has 2 N–H and O–H groups in total. The van der Waals surface area contributed by atoms with Crippen LogP contribution in [0.2, 0.25) is 0 Å². The van der Waals surface area contributed by atoms with Crippen LogP contribution in [-0.2, 0) is 4.79 Å². The first-order valence-corrected chi connectivity index (χ1v) is 6.72. The summed E-state index contributed by atoms with van der Waals surface area (Å²) in [7, 11) is 0. The maximum Gasteiger partial charge on any atom is 0.241 e. The quantitative estimate of drug-likeness (QED) is 0.811. The average molecular weight is 243 g/mol. The zero-order chi connectivity index (χ0) is 13.0. The number of primary amides is 1. The number of hydrogen-bond acceptors (Lipinski definition) is 1. The second kappa shape index (κ2) is 5.85. The molecule has 0 aromatic heterocycles. The topological polar surface area (TPSA) is 43.1 Å². The van der Waals surface area contributed by atoms with Crippen LogP contribution in [-0.4, -0.2) is 5.91 Å². The van der Waals surface area contributed by atoms with Crippen molar-refractivity contribution in [3.63, 3.8) is 0 Å². The molecule has 1 aromatic rings. The van der Waals surface area contributed by atoms with E-state index in [1.54, 1.807) is 6.08 Å². The fraction of sp³-hybridized carbons (Fsp3) is 0.438. The van der Waals surface area contributed by atoms with E-state index in [2.05, 4.69) is 31.2 Å². The highest BCUT2D eigenvalue weighted by molar-refractivity contribution is 5.90. The van der Waals surface area contributed by atoms with Crippen molar-refractivity contribution in [1.29, 1.82) is 0 Å². The van der Waals surface area contributed by atoms with Crippen molar-refractivity contribution in [2.45, 2.75) is 38.5 Å². The molecule has 0 saturated heterocycles. The van der Waals surface area contributed by atoms with Gasteiger partial charge in [-0.2, -0.15) is 0 Å². The van der Waals surface area contributed by atoms with Gasteiger partial charge in [-0.1, -0.05) is 44.0 Å². The molecule has 1 aliphatic carbocycles. The van der Waals surface area contributed by atoms with E-state index in [4.69, 9.17) is 5.73 Å². The summed E-state index contributed by atoms with van der Waals surface area (Å²) in [6.07, 6.45) is 8.45. The van der Waals surface area contributed by atoms with Crippen LogP contribution >= 0.6 is 0 Å². The molecule has 1 fully saturated rings. The number of nitrogens with two attached hydrogens (primary N) is 1. The highest BCUT2D eigenvalue weighted by Crippen LogP contribution is 2.35. The number of benzene rings is 1. The second-order valence-corrected chi connectivity index (χ2v) is 5.36. The Labute approximate surface area is 109 Å². The zero-order valence-electron chi connectivity index (χ0n) is 10.9. The lowest BCUT2D eigenvalue weighted by atomic mass is 9.79. The lowest BCUT2D eigenvalue weighted by molar-refractivity contribution is -0.113. The summed E-state index contributed by atoms with van der Waals surface area (Å²) in [6.45, 7) is 2.34. The minimum atomic E-state index is -0.402. The molecule has 2 heteroatoms. The van der Waals surface area contributed by atoms with E-state index in [-0.39, 0.29) is 0 Å². The van der Waals surface area contributed by atoms with Crippen LogP contribution in [0, 0.1) is 5.92 Å². The summed E-state index contributed by atoms with van der Waals surface area (Å²) in [5.41, 5.74) is 7.53. The zero-order valence-corrected chi connectivity index (χ0v) is 10.9. The van der Waals surface area contributed by atoms with Gasteiger partial charge in [0.25, 0.3) is 0 Å². The largest absolute Gasteiger partial charge is 0.366 e. The van der Waals surface area contributed by atoms with E-state index in [0.29, 0.717) is 0 Å². The third-order valence-electron chi connectivity index (χ3n) is 3.86. The van der Waals surface area contributed by atoms with Crippen molar-refractivity contribution in [3.8, 4) is 0 Å². The Kier molecular flexibility index (Phi) is 4.19. The number of amides is 1. The maximum atomic E-state index is 10.7. The van der Waals surface area contributed by atoms with Crippen molar-refractivity contribution in [1.82, 2.24) is 0 Å². The third kappa shape index (κ3) is 3.46. The molecule has 0 bridgehead atoms. The van der Waals surface area contributed by atoms with Gasteiger partial charge in [0.2, 0.25) is 5.91 Å².